The van der Waals surface area contributed by atoms with Gasteiger partial charge < -0.3 is 16.2 Å². The molecule has 0 unspecified atom stereocenters. The Morgan fingerprint density at radius 3 is 2.30 bits per heavy atom. The summed E-state index contributed by atoms with van der Waals surface area (Å²) in [6, 6.07) is 26.9. The van der Waals surface area contributed by atoms with E-state index in [9.17, 15) is 19.1 Å². The average molecular weight is 619 g/mol. The molecule has 0 radical (unpaired) electrons. The van der Waals surface area contributed by atoms with Crippen LogP contribution in [-0.2, 0) is 6.54 Å². The number of rotatable bonds is 7. The number of nitrogen functional groups attached to an aromatic ring is 1. The zero-order chi connectivity index (χ0) is 33.2. The third kappa shape index (κ3) is 6.76. The topological polar surface area (TPSA) is 136 Å². The fourth-order valence-corrected chi connectivity index (χ4v) is 4.67. The lowest BCUT2D eigenvalue weighted by Gasteiger charge is -2.12. The lowest BCUT2D eigenvalue weighted by atomic mass is 10.1. The number of benzene rings is 3. The highest BCUT2D eigenvalue weighted by Gasteiger charge is 2.20. The molecule has 234 valence electrons. The number of halogens is 1. The number of nitrogens with one attached hydrogen (secondary N) is 1. The Morgan fingerprint density at radius 2 is 1.63 bits per heavy atom. The minimum Gasteiger partial charge on any atom is -0.507 e. The number of anilines is 1. The molecule has 3 heterocycles. The van der Waals surface area contributed by atoms with E-state index >= 15 is 0 Å². The number of phenolic OH excluding ortho intramolecular Hbond substituents is 1. The van der Waals surface area contributed by atoms with E-state index in [2.05, 4.69) is 10.3 Å². The summed E-state index contributed by atoms with van der Waals surface area (Å²) < 4.78 is 16.4. The first kappa shape index (κ1) is 33.0. The number of pyridine rings is 2. The third-order valence-corrected chi connectivity index (χ3v) is 6.82. The van der Waals surface area contributed by atoms with Gasteiger partial charge >= 0.3 is 0 Å². The van der Waals surface area contributed by atoms with Crippen LogP contribution in [0.25, 0.3) is 39.5 Å². The molecular weight excluding hydrogens is 583 g/mol. The zero-order valence-electron chi connectivity index (χ0n) is 26.0. The van der Waals surface area contributed by atoms with Gasteiger partial charge in [-0.15, -0.1) is 0 Å². The summed E-state index contributed by atoms with van der Waals surface area (Å²) in [5.74, 6) is -1.42. The first-order valence-corrected chi connectivity index (χ1v) is 14.9. The van der Waals surface area contributed by atoms with Crippen LogP contribution in [0.5, 0.6) is 5.75 Å². The van der Waals surface area contributed by atoms with Crippen molar-refractivity contribution in [2.45, 2.75) is 34.2 Å². The van der Waals surface area contributed by atoms with E-state index < -0.39 is 23.0 Å². The first-order chi connectivity index (χ1) is 22.4. The number of phenols is 1. The molecule has 10 heteroatoms. The fourth-order valence-electron chi connectivity index (χ4n) is 4.67. The number of amides is 1. The molecule has 1 amide bonds. The second-order valence-electron chi connectivity index (χ2n) is 9.44. The molecule has 0 aliphatic carbocycles. The Hall–Kier alpha value is -5.90. The van der Waals surface area contributed by atoms with E-state index in [1.54, 1.807) is 12.3 Å². The van der Waals surface area contributed by atoms with Gasteiger partial charge in [-0.1, -0.05) is 70.2 Å². The quantitative estimate of drug-likeness (QED) is 0.159. The van der Waals surface area contributed by atoms with Crippen LogP contribution in [0.4, 0.5) is 10.2 Å². The highest BCUT2D eigenvalue weighted by atomic mass is 19.1. The van der Waals surface area contributed by atoms with Gasteiger partial charge in [0.25, 0.3) is 5.91 Å². The van der Waals surface area contributed by atoms with Crippen LogP contribution < -0.4 is 11.1 Å². The number of aldehydes is 1. The van der Waals surface area contributed by atoms with Gasteiger partial charge in [-0.3, -0.25) is 14.2 Å². The minimum atomic E-state index is -1.07. The third-order valence-electron chi connectivity index (χ3n) is 6.82. The standard InChI is InChI=1S/C32H23FN6O3.2C2H6/c33-28-22(12-15-27(41)24(28)18-40)32(42)36-17-19-8-10-21(11-9-19)39-30(23-7-4-16-35-29(23)34)38-26-14-13-25(37-31(26)39)20-5-2-1-3-6-20;2*1-2/h1-16,18,41H,17H2,(H2,34,35)(H,36,42);2*1-2H3. The Morgan fingerprint density at radius 1 is 0.913 bits per heavy atom. The van der Waals surface area contributed by atoms with Crippen LogP contribution in [0.2, 0.25) is 0 Å². The molecule has 0 fully saturated rings. The smallest absolute Gasteiger partial charge is 0.254 e. The van der Waals surface area contributed by atoms with E-state index in [1.165, 1.54) is 0 Å². The SMILES string of the molecule is CC.CC.Nc1ncccc1-c1nc2ccc(-c3ccccc3)nc2n1-c1ccc(CNC(=O)c2ccc(O)c(C=O)c2F)cc1. The van der Waals surface area contributed by atoms with Crippen LogP contribution >= 0.6 is 0 Å². The van der Waals surface area contributed by atoms with Gasteiger partial charge in [-0.25, -0.2) is 19.3 Å². The van der Waals surface area contributed by atoms with Gasteiger partial charge in [0, 0.05) is 24.0 Å². The summed E-state index contributed by atoms with van der Waals surface area (Å²) in [5, 5.41) is 12.3. The van der Waals surface area contributed by atoms with E-state index in [4.69, 9.17) is 15.7 Å². The minimum absolute atomic E-state index is 0.0966. The molecule has 3 aromatic heterocycles. The molecule has 0 spiro atoms. The van der Waals surface area contributed by atoms with Crippen LogP contribution in [0.15, 0.2) is 97.2 Å². The zero-order valence-corrected chi connectivity index (χ0v) is 26.0. The number of carbonyl (C=O) groups is 2. The molecule has 6 rings (SSSR count). The lowest BCUT2D eigenvalue weighted by Crippen LogP contribution is -2.24. The van der Waals surface area contributed by atoms with Crippen molar-refractivity contribution in [3.63, 3.8) is 0 Å². The van der Waals surface area contributed by atoms with Crippen molar-refractivity contribution >= 4 is 29.2 Å². The van der Waals surface area contributed by atoms with Crippen molar-refractivity contribution in [3.8, 4) is 34.1 Å². The van der Waals surface area contributed by atoms with Crippen LogP contribution in [-0.4, -0.2) is 36.8 Å². The number of nitrogens with two attached hydrogens (primary N) is 1. The summed E-state index contributed by atoms with van der Waals surface area (Å²) in [6.45, 7) is 8.10. The molecule has 46 heavy (non-hydrogen) atoms. The van der Waals surface area contributed by atoms with Gasteiger partial charge in [0.05, 0.1) is 22.4 Å². The van der Waals surface area contributed by atoms with Gasteiger partial charge in [0.15, 0.2) is 17.8 Å². The summed E-state index contributed by atoms with van der Waals surface area (Å²) in [4.78, 5) is 37.7. The van der Waals surface area contributed by atoms with E-state index in [0.29, 0.717) is 28.4 Å². The molecular formula is C36H35FN6O3. The number of hydrogen-bond acceptors (Lipinski definition) is 7. The maximum Gasteiger partial charge on any atom is 0.254 e. The molecule has 0 saturated heterocycles. The number of imidazole rings is 1. The second-order valence-corrected chi connectivity index (χ2v) is 9.44. The number of nitrogens with zero attached hydrogens (tertiary/aromatic N) is 4. The fraction of sp³-hybridized carbons (Fsp3) is 0.139. The predicted octanol–water partition coefficient (Wildman–Crippen LogP) is 7.37. The van der Waals surface area contributed by atoms with E-state index in [-0.39, 0.29) is 18.4 Å². The molecule has 6 aromatic rings. The molecule has 3 aromatic carbocycles. The molecule has 4 N–H and O–H groups in total. The summed E-state index contributed by atoms with van der Waals surface area (Å²) in [5.41, 5.74) is 10.5. The van der Waals surface area contributed by atoms with Crippen LogP contribution in [0, 0.1) is 5.82 Å². The van der Waals surface area contributed by atoms with Crippen LogP contribution in [0.3, 0.4) is 0 Å². The monoisotopic (exact) mass is 618 g/mol. The Bertz CT molecular complexity index is 1960. The molecule has 0 aliphatic heterocycles. The van der Waals surface area contributed by atoms with E-state index in [0.717, 1.165) is 34.6 Å². The molecule has 0 aliphatic rings. The Labute approximate surface area is 266 Å². The molecule has 0 bridgehead atoms. The lowest BCUT2D eigenvalue weighted by molar-refractivity contribution is 0.0946. The van der Waals surface area contributed by atoms with Crippen molar-refractivity contribution < 1.29 is 19.1 Å². The van der Waals surface area contributed by atoms with Gasteiger partial charge in [-0.05, 0) is 54.1 Å². The number of carbonyl (C=O) groups excluding carboxylic acids is 2. The van der Waals surface area contributed by atoms with Crippen molar-refractivity contribution in [3.05, 3.63) is 120 Å². The largest absolute Gasteiger partial charge is 0.507 e. The Kier molecular flexibility index (Phi) is 10.9. The summed E-state index contributed by atoms with van der Waals surface area (Å²) in [6.07, 6.45) is 1.79. The maximum atomic E-state index is 14.5. The van der Waals surface area contributed by atoms with Gasteiger partial charge in [0.2, 0.25) is 0 Å². The van der Waals surface area contributed by atoms with Crippen molar-refractivity contribution in [2.24, 2.45) is 0 Å². The van der Waals surface area contributed by atoms with Crippen molar-refractivity contribution in [2.75, 3.05) is 5.73 Å². The van der Waals surface area contributed by atoms with Crippen LogP contribution in [0.1, 0.15) is 54.0 Å². The maximum absolute atomic E-state index is 14.5. The number of hydrogen-bond donors (Lipinski definition) is 3. The van der Waals surface area contributed by atoms with Gasteiger partial charge in [-0.2, -0.15) is 0 Å². The highest BCUT2D eigenvalue weighted by molar-refractivity contribution is 5.97. The number of aromatic hydroxyl groups is 1. The normalized spacial score (nSPS) is 10.3. The molecule has 9 nitrogen and oxygen atoms in total. The highest BCUT2D eigenvalue weighted by Crippen LogP contribution is 2.32. The predicted molar refractivity (Wildman–Crippen MR) is 179 cm³/mol. The first-order valence-electron chi connectivity index (χ1n) is 14.9. The second kappa shape index (κ2) is 15.2. The number of fused-ring (bicyclic) bond motifs is 1. The van der Waals surface area contributed by atoms with Crippen molar-refractivity contribution in [1.82, 2.24) is 24.8 Å². The summed E-state index contributed by atoms with van der Waals surface area (Å²) >= 11 is 0. The van der Waals surface area contributed by atoms with Crippen molar-refractivity contribution in [1.29, 1.82) is 0 Å². The van der Waals surface area contributed by atoms with E-state index in [1.807, 2.05) is 105 Å². The Balaban J connectivity index is 0.00000116. The molecule has 0 saturated carbocycles. The molecule has 0 atom stereocenters. The number of aromatic nitrogens is 4. The average Bonchev–Trinajstić information content (AvgIpc) is 3.48. The summed E-state index contributed by atoms with van der Waals surface area (Å²) in [7, 11) is 0. The van der Waals surface area contributed by atoms with Gasteiger partial charge in [0.1, 0.15) is 22.9 Å².